The molecular formula is C18H18. The van der Waals surface area contributed by atoms with Crippen molar-refractivity contribution in [1.82, 2.24) is 0 Å². The highest BCUT2D eigenvalue weighted by atomic mass is 14.1. The Morgan fingerprint density at radius 1 is 1.06 bits per heavy atom. The Hall–Kier alpha value is -2.08. The van der Waals surface area contributed by atoms with Crippen LogP contribution in [-0.2, 0) is 0 Å². The molecule has 90 valence electrons. The minimum absolute atomic E-state index is 0.982. The number of hydrogen-bond acceptors (Lipinski definition) is 0. The van der Waals surface area contributed by atoms with Gasteiger partial charge in [0.15, 0.2) is 0 Å². The van der Waals surface area contributed by atoms with Crippen molar-refractivity contribution in [3.05, 3.63) is 72.8 Å². The quantitative estimate of drug-likeness (QED) is 0.662. The van der Waals surface area contributed by atoms with Gasteiger partial charge in [-0.1, -0.05) is 62.6 Å². The van der Waals surface area contributed by atoms with Crippen LogP contribution in [0.3, 0.4) is 0 Å². The summed E-state index contributed by atoms with van der Waals surface area (Å²) >= 11 is 0. The van der Waals surface area contributed by atoms with Crippen LogP contribution in [-0.4, -0.2) is 0 Å². The summed E-state index contributed by atoms with van der Waals surface area (Å²) in [6, 6.07) is 16.9. The van der Waals surface area contributed by atoms with Crippen molar-refractivity contribution < 1.29 is 0 Å². The lowest BCUT2D eigenvalue weighted by atomic mass is 9.98. The number of rotatable bonds is 4. The van der Waals surface area contributed by atoms with Crippen molar-refractivity contribution in [2.24, 2.45) is 0 Å². The van der Waals surface area contributed by atoms with Crippen molar-refractivity contribution in [2.75, 3.05) is 0 Å². The fourth-order valence-corrected chi connectivity index (χ4v) is 1.97. The average Bonchev–Trinajstić information content (AvgIpc) is 2.46. The number of benzene rings is 2. The molecule has 0 saturated carbocycles. The molecule has 0 fully saturated rings. The van der Waals surface area contributed by atoms with Gasteiger partial charge < -0.3 is 0 Å². The van der Waals surface area contributed by atoms with Crippen LogP contribution in [0.2, 0.25) is 0 Å². The summed E-state index contributed by atoms with van der Waals surface area (Å²) in [5.41, 5.74) is 5.99. The maximum atomic E-state index is 4.10. The molecule has 2 aromatic carbocycles. The van der Waals surface area contributed by atoms with Gasteiger partial charge in [-0.25, -0.2) is 0 Å². The van der Waals surface area contributed by atoms with Crippen LogP contribution in [0, 0.1) is 0 Å². The zero-order chi connectivity index (χ0) is 13.0. The maximum absolute atomic E-state index is 4.10. The molecule has 0 heteroatoms. The summed E-state index contributed by atoms with van der Waals surface area (Å²) < 4.78 is 0. The fourth-order valence-electron chi connectivity index (χ4n) is 1.97. The maximum Gasteiger partial charge on any atom is -0.0178 e. The summed E-state index contributed by atoms with van der Waals surface area (Å²) in [4.78, 5) is 0. The van der Waals surface area contributed by atoms with Gasteiger partial charge in [-0.3, -0.25) is 0 Å². The highest BCUT2D eigenvalue weighted by Crippen LogP contribution is 2.25. The Morgan fingerprint density at radius 2 is 1.72 bits per heavy atom. The zero-order valence-electron chi connectivity index (χ0n) is 10.8. The molecule has 2 aromatic rings. The van der Waals surface area contributed by atoms with Gasteiger partial charge in [0.1, 0.15) is 0 Å². The van der Waals surface area contributed by atoms with Crippen molar-refractivity contribution >= 4 is 11.6 Å². The van der Waals surface area contributed by atoms with E-state index in [9.17, 15) is 0 Å². The predicted octanol–water partition coefficient (Wildman–Crippen LogP) is 5.42. The summed E-state index contributed by atoms with van der Waals surface area (Å²) in [7, 11) is 0. The van der Waals surface area contributed by atoms with E-state index < -0.39 is 0 Å². The molecule has 0 nitrogen and oxygen atoms in total. The molecule has 0 aromatic heterocycles. The molecule has 0 saturated heterocycles. The second-order valence-corrected chi connectivity index (χ2v) is 4.37. The van der Waals surface area contributed by atoms with Gasteiger partial charge in [0.05, 0.1) is 0 Å². The summed E-state index contributed by atoms with van der Waals surface area (Å²) in [6.45, 7) is 10.0. The van der Waals surface area contributed by atoms with Gasteiger partial charge in [-0.15, -0.1) is 0 Å². The number of allylic oxidation sites excluding steroid dienone is 1. The average molecular weight is 234 g/mol. The monoisotopic (exact) mass is 234 g/mol. The Balaban J connectivity index is 2.44. The third-order valence-corrected chi connectivity index (χ3v) is 3.15. The predicted molar refractivity (Wildman–Crippen MR) is 81.3 cm³/mol. The van der Waals surface area contributed by atoms with Gasteiger partial charge in [0, 0.05) is 0 Å². The van der Waals surface area contributed by atoms with Crippen LogP contribution in [0.25, 0.3) is 22.8 Å². The first-order chi connectivity index (χ1) is 8.74. The van der Waals surface area contributed by atoms with Crippen LogP contribution in [0.5, 0.6) is 0 Å². The molecule has 0 atom stereocenters. The summed E-state index contributed by atoms with van der Waals surface area (Å²) in [6.07, 6.45) is 2.86. The molecular weight excluding hydrogens is 216 g/mol. The van der Waals surface area contributed by atoms with Gasteiger partial charge >= 0.3 is 0 Å². The Morgan fingerprint density at radius 3 is 2.39 bits per heavy atom. The molecule has 0 unspecified atom stereocenters. The summed E-state index contributed by atoms with van der Waals surface area (Å²) in [5, 5.41) is 0. The second kappa shape index (κ2) is 5.50. The third kappa shape index (κ3) is 2.60. The largest absolute Gasteiger partial charge is 0.0985 e. The molecule has 0 bridgehead atoms. The Labute approximate surface area is 109 Å². The molecule has 0 radical (unpaired) electrons. The minimum atomic E-state index is 0.982. The SMILES string of the molecule is C=Cc1cccc(-c2cccc(C(=C)CC)c2)c1. The minimum Gasteiger partial charge on any atom is -0.0985 e. The van der Waals surface area contributed by atoms with E-state index in [4.69, 9.17) is 0 Å². The lowest BCUT2D eigenvalue weighted by Gasteiger charge is -2.07. The van der Waals surface area contributed by atoms with Gasteiger partial charge in [-0.2, -0.15) is 0 Å². The third-order valence-electron chi connectivity index (χ3n) is 3.15. The standard InChI is InChI=1S/C18H18/c1-4-14(3)16-9-7-11-18(13-16)17-10-6-8-15(5-2)12-17/h5-13H,2-4H2,1H3. The second-order valence-electron chi connectivity index (χ2n) is 4.37. The van der Waals surface area contributed by atoms with Crippen LogP contribution in [0.4, 0.5) is 0 Å². The molecule has 18 heavy (non-hydrogen) atoms. The topological polar surface area (TPSA) is 0 Å². The van der Waals surface area contributed by atoms with Gasteiger partial charge in [0.2, 0.25) is 0 Å². The van der Waals surface area contributed by atoms with E-state index in [2.05, 4.69) is 68.6 Å². The molecule has 0 aliphatic carbocycles. The van der Waals surface area contributed by atoms with Crippen molar-refractivity contribution in [3.8, 4) is 11.1 Å². The first-order valence-corrected chi connectivity index (χ1v) is 6.25. The highest BCUT2D eigenvalue weighted by molar-refractivity contribution is 5.73. The van der Waals surface area contributed by atoms with Crippen LogP contribution in [0.1, 0.15) is 24.5 Å². The Kier molecular flexibility index (Phi) is 3.78. The normalized spacial score (nSPS) is 10.1. The van der Waals surface area contributed by atoms with Crippen molar-refractivity contribution in [2.45, 2.75) is 13.3 Å². The molecule has 0 aliphatic heterocycles. The molecule has 0 heterocycles. The smallest absolute Gasteiger partial charge is 0.0178 e. The Bertz CT molecular complexity index is 576. The van der Waals surface area contributed by atoms with E-state index in [1.807, 2.05) is 6.08 Å². The lowest BCUT2D eigenvalue weighted by molar-refractivity contribution is 1.24. The van der Waals surface area contributed by atoms with Gasteiger partial charge in [-0.05, 0) is 46.4 Å². The van der Waals surface area contributed by atoms with Crippen LogP contribution < -0.4 is 0 Å². The van der Waals surface area contributed by atoms with Crippen LogP contribution in [0.15, 0.2) is 61.7 Å². The van der Waals surface area contributed by atoms with E-state index in [1.165, 1.54) is 22.3 Å². The molecule has 0 spiro atoms. The van der Waals surface area contributed by atoms with E-state index in [-0.39, 0.29) is 0 Å². The van der Waals surface area contributed by atoms with Gasteiger partial charge in [0.25, 0.3) is 0 Å². The zero-order valence-corrected chi connectivity index (χ0v) is 10.8. The van der Waals surface area contributed by atoms with E-state index in [1.54, 1.807) is 0 Å². The number of hydrogen-bond donors (Lipinski definition) is 0. The van der Waals surface area contributed by atoms with Crippen molar-refractivity contribution in [1.29, 1.82) is 0 Å². The van der Waals surface area contributed by atoms with Crippen molar-refractivity contribution in [3.63, 3.8) is 0 Å². The molecule has 0 amide bonds. The fraction of sp³-hybridized carbons (Fsp3) is 0.111. The van der Waals surface area contributed by atoms with Crippen LogP contribution >= 0.6 is 0 Å². The summed E-state index contributed by atoms with van der Waals surface area (Å²) in [5.74, 6) is 0. The van der Waals surface area contributed by atoms with E-state index in [0.717, 1.165) is 12.0 Å². The molecule has 0 aliphatic rings. The first kappa shape index (κ1) is 12.4. The molecule has 0 N–H and O–H groups in total. The van der Waals surface area contributed by atoms with E-state index in [0.29, 0.717) is 0 Å². The lowest BCUT2D eigenvalue weighted by Crippen LogP contribution is -1.84. The van der Waals surface area contributed by atoms with E-state index >= 15 is 0 Å². The first-order valence-electron chi connectivity index (χ1n) is 6.25. The highest BCUT2D eigenvalue weighted by Gasteiger charge is 2.01. The molecule has 2 rings (SSSR count).